The number of hydrogen-bond acceptors (Lipinski definition) is 4. The lowest BCUT2D eigenvalue weighted by molar-refractivity contribution is 0.149. The van der Waals surface area contributed by atoms with Crippen LogP contribution < -0.4 is 5.32 Å². The highest BCUT2D eigenvalue weighted by atomic mass is 32.2. The van der Waals surface area contributed by atoms with Crippen LogP contribution in [0.25, 0.3) is 10.9 Å². The van der Waals surface area contributed by atoms with Crippen LogP contribution in [0.4, 0.5) is 4.39 Å². The van der Waals surface area contributed by atoms with Crippen molar-refractivity contribution in [1.29, 1.82) is 0 Å². The Balaban J connectivity index is 1.95. The molecular weight excluding hydrogens is 343 g/mol. The second-order valence-electron chi connectivity index (χ2n) is 7.16. The zero-order valence-electron chi connectivity index (χ0n) is 14.2. The molecule has 1 fully saturated rings. The Morgan fingerprint density at radius 1 is 1.40 bits per heavy atom. The van der Waals surface area contributed by atoms with E-state index >= 15 is 0 Å². The van der Waals surface area contributed by atoms with Crippen molar-refractivity contribution >= 4 is 20.9 Å². The van der Waals surface area contributed by atoms with Crippen LogP contribution in [-0.4, -0.2) is 35.4 Å². The van der Waals surface area contributed by atoms with Crippen molar-refractivity contribution < 1.29 is 17.9 Å². The van der Waals surface area contributed by atoms with E-state index in [0.717, 1.165) is 5.56 Å². The maximum Gasteiger partial charge on any atom is 0.242 e. The molecule has 1 saturated carbocycles. The van der Waals surface area contributed by atoms with Crippen molar-refractivity contribution in [3.05, 3.63) is 35.3 Å². The third kappa shape index (κ3) is 2.78. The number of rotatable bonds is 5. The van der Waals surface area contributed by atoms with Gasteiger partial charge >= 0.3 is 0 Å². The van der Waals surface area contributed by atoms with E-state index in [2.05, 4.69) is 5.32 Å². The Labute approximate surface area is 146 Å². The molecule has 0 spiro atoms. The van der Waals surface area contributed by atoms with Gasteiger partial charge in [0, 0.05) is 24.4 Å². The van der Waals surface area contributed by atoms with E-state index in [4.69, 9.17) is 0 Å². The van der Waals surface area contributed by atoms with Gasteiger partial charge in [0.25, 0.3) is 0 Å². The highest BCUT2D eigenvalue weighted by Gasteiger charge is 2.41. The number of benzene rings is 1. The Bertz CT molecular complexity index is 918. The van der Waals surface area contributed by atoms with Crippen LogP contribution in [-0.2, 0) is 16.6 Å². The minimum Gasteiger partial charge on any atom is -0.393 e. The van der Waals surface area contributed by atoms with Gasteiger partial charge in [0.15, 0.2) is 0 Å². The number of fused-ring (bicyclic) bond motifs is 3. The predicted molar refractivity (Wildman–Crippen MR) is 94.6 cm³/mol. The molecule has 0 saturated heterocycles. The van der Waals surface area contributed by atoms with Crippen LogP contribution in [0.5, 0.6) is 0 Å². The number of nitrogens with one attached hydrogen (secondary N) is 1. The fraction of sp³-hybridized carbons (Fsp3) is 0.556. The molecule has 0 radical (unpaired) electrons. The fourth-order valence-electron chi connectivity index (χ4n) is 3.90. The lowest BCUT2D eigenvalue weighted by atomic mass is 9.88. The summed E-state index contributed by atoms with van der Waals surface area (Å²) in [4.78, 5) is 0. The van der Waals surface area contributed by atoms with Gasteiger partial charge in [0.1, 0.15) is 5.82 Å². The highest BCUT2D eigenvalue weighted by molar-refractivity contribution is 7.91. The summed E-state index contributed by atoms with van der Waals surface area (Å²) in [5.74, 6) is -0.400. The largest absolute Gasteiger partial charge is 0.393 e. The molecule has 2 aromatic rings. The van der Waals surface area contributed by atoms with Gasteiger partial charge in [-0.15, -0.1) is 0 Å². The molecule has 25 heavy (non-hydrogen) atoms. The molecule has 4 rings (SSSR count). The molecule has 2 heterocycles. The molecule has 1 aliphatic carbocycles. The number of hydrogen-bond donors (Lipinski definition) is 2. The first-order valence-corrected chi connectivity index (χ1v) is 10.4. The molecule has 0 amide bonds. The standard InChI is InChI=1S/C18H23FN2O3S/c1-2-13(22)7-11-9-20-10-17-18(11)15-8-12(19)3-6-16(15)21(17)25(23,24)14-4-5-14/h3,6,8,11,13-14,20,22H,2,4-5,7,9-10H2,1H3. The summed E-state index contributed by atoms with van der Waals surface area (Å²) in [6, 6.07) is 4.32. The summed E-state index contributed by atoms with van der Waals surface area (Å²) < 4.78 is 41.4. The Hall–Kier alpha value is -1.44. The van der Waals surface area contributed by atoms with Crippen molar-refractivity contribution in [2.45, 2.75) is 56.4 Å². The van der Waals surface area contributed by atoms with Gasteiger partial charge in [0.2, 0.25) is 10.0 Å². The molecule has 5 nitrogen and oxygen atoms in total. The monoisotopic (exact) mass is 366 g/mol. The topological polar surface area (TPSA) is 71.3 Å². The molecule has 1 aliphatic heterocycles. The van der Waals surface area contributed by atoms with Gasteiger partial charge in [0.05, 0.1) is 22.6 Å². The zero-order chi connectivity index (χ0) is 17.8. The summed E-state index contributed by atoms with van der Waals surface area (Å²) >= 11 is 0. The Morgan fingerprint density at radius 2 is 2.16 bits per heavy atom. The second-order valence-corrected chi connectivity index (χ2v) is 9.22. The number of halogens is 1. The van der Waals surface area contributed by atoms with Crippen LogP contribution in [0.1, 0.15) is 49.8 Å². The van der Waals surface area contributed by atoms with Crippen LogP contribution in [0.3, 0.4) is 0 Å². The first-order valence-electron chi connectivity index (χ1n) is 8.89. The minimum atomic E-state index is -3.47. The van der Waals surface area contributed by atoms with Crippen LogP contribution >= 0.6 is 0 Å². The van der Waals surface area contributed by atoms with Crippen LogP contribution in [0.2, 0.25) is 0 Å². The molecule has 2 aliphatic rings. The maximum atomic E-state index is 13.9. The average molecular weight is 366 g/mol. The van der Waals surface area contributed by atoms with Gasteiger partial charge in [-0.25, -0.2) is 16.8 Å². The van der Waals surface area contributed by atoms with Crippen molar-refractivity contribution in [2.75, 3.05) is 6.54 Å². The smallest absolute Gasteiger partial charge is 0.242 e. The van der Waals surface area contributed by atoms with E-state index in [1.807, 2.05) is 6.92 Å². The van der Waals surface area contributed by atoms with E-state index in [0.29, 0.717) is 55.4 Å². The second kappa shape index (κ2) is 6.07. The van der Waals surface area contributed by atoms with E-state index in [9.17, 15) is 17.9 Å². The summed E-state index contributed by atoms with van der Waals surface area (Å²) in [5.41, 5.74) is 2.13. The van der Waals surface area contributed by atoms with E-state index in [1.54, 1.807) is 6.07 Å². The van der Waals surface area contributed by atoms with Gasteiger partial charge in [-0.05, 0) is 49.4 Å². The van der Waals surface area contributed by atoms with Crippen LogP contribution in [0, 0.1) is 5.82 Å². The summed E-state index contributed by atoms with van der Waals surface area (Å²) in [6.45, 7) is 3.02. The lowest BCUT2D eigenvalue weighted by Crippen LogP contribution is -2.32. The van der Waals surface area contributed by atoms with Crippen molar-refractivity contribution in [1.82, 2.24) is 9.29 Å². The number of aliphatic hydroxyl groups is 1. The Morgan fingerprint density at radius 3 is 2.84 bits per heavy atom. The summed E-state index contributed by atoms with van der Waals surface area (Å²) in [6.07, 6.45) is 2.09. The molecular formula is C18H23FN2O3S. The lowest BCUT2D eigenvalue weighted by Gasteiger charge is -2.27. The SMILES string of the molecule is CCC(O)CC1CNCc2c1c1cc(F)ccc1n2S(=O)(=O)C1CC1. The van der Waals surface area contributed by atoms with Gasteiger partial charge in [-0.2, -0.15) is 0 Å². The first-order chi connectivity index (χ1) is 11.9. The van der Waals surface area contributed by atoms with Crippen molar-refractivity contribution in [3.8, 4) is 0 Å². The minimum absolute atomic E-state index is 0.0290. The van der Waals surface area contributed by atoms with Crippen molar-refractivity contribution in [2.24, 2.45) is 0 Å². The highest BCUT2D eigenvalue weighted by Crippen LogP contribution is 2.41. The molecule has 2 N–H and O–H groups in total. The normalized spacial score (nSPS) is 22.1. The van der Waals surface area contributed by atoms with Gasteiger partial charge < -0.3 is 10.4 Å². The molecule has 1 aromatic heterocycles. The van der Waals surface area contributed by atoms with Crippen molar-refractivity contribution in [3.63, 3.8) is 0 Å². The molecule has 2 atom stereocenters. The molecule has 0 bridgehead atoms. The number of nitrogens with zero attached hydrogens (tertiary/aromatic N) is 1. The molecule has 2 unspecified atom stereocenters. The van der Waals surface area contributed by atoms with Crippen LogP contribution in [0.15, 0.2) is 18.2 Å². The summed E-state index contributed by atoms with van der Waals surface area (Å²) in [7, 11) is -3.47. The van der Waals surface area contributed by atoms with E-state index in [-0.39, 0.29) is 17.0 Å². The zero-order valence-corrected chi connectivity index (χ0v) is 15.0. The summed E-state index contributed by atoms with van der Waals surface area (Å²) in [5, 5.41) is 13.7. The number of aromatic nitrogens is 1. The fourth-order valence-corrected chi connectivity index (χ4v) is 5.84. The maximum absolute atomic E-state index is 13.9. The average Bonchev–Trinajstić information content (AvgIpc) is 3.38. The third-order valence-electron chi connectivity index (χ3n) is 5.34. The molecule has 136 valence electrons. The quantitative estimate of drug-likeness (QED) is 0.853. The van der Waals surface area contributed by atoms with E-state index < -0.39 is 16.1 Å². The van der Waals surface area contributed by atoms with Gasteiger partial charge in [-0.3, -0.25) is 0 Å². The Kier molecular flexibility index (Phi) is 4.13. The molecule has 7 heteroatoms. The third-order valence-corrected chi connectivity index (χ3v) is 7.58. The molecule has 1 aromatic carbocycles. The first kappa shape index (κ1) is 17.0. The van der Waals surface area contributed by atoms with E-state index in [1.165, 1.54) is 16.1 Å². The number of aliphatic hydroxyl groups excluding tert-OH is 1. The predicted octanol–water partition coefficient (Wildman–Crippen LogP) is 2.47. The van der Waals surface area contributed by atoms with Gasteiger partial charge in [-0.1, -0.05) is 6.92 Å².